The van der Waals surface area contributed by atoms with Gasteiger partial charge in [-0.05, 0) is 65.4 Å². The fourth-order valence-electron chi connectivity index (χ4n) is 2.84. The third-order valence-electron chi connectivity index (χ3n) is 4.10. The van der Waals surface area contributed by atoms with E-state index in [1.807, 2.05) is 23.6 Å². The molecule has 1 atom stereocenters. The summed E-state index contributed by atoms with van der Waals surface area (Å²) in [5.41, 5.74) is 2.89. The number of thioether (sulfide) groups is 1. The van der Waals surface area contributed by atoms with E-state index in [-0.39, 0.29) is 11.2 Å². The van der Waals surface area contributed by atoms with Gasteiger partial charge in [-0.2, -0.15) is 0 Å². The molecule has 1 N–H and O–H groups in total. The third-order valence-corrected chi connectivity index (χ3v) is 5.36. The summed E-state index contributed by atoms with van der Waals surface area (Å²) in [4.78, 5) is 12.6. The van der Waals surface area contributed by atoms with Gasteiger partial charge in [-0.1, -0.05) is 11.6 Å². The lowest BCUT2D eigenvalue weighted by Gasteiger charge is -2.21. The van der Waals surface area contributed by atoms with Crippen molar-refractivity contribution in [1.29, 1.82) is 0 Å². The summed E-state index contributed by atoms with van der Waals surface area (Å²) in [5, 5.41) is 5.35. The minimum absolute atomic E-state index is 0.0280. The summed E-state index contributed by atoms with van der Waals surface area (Å²) in [6.07, 6.45) is 2.65. The van der Waals surface area contributed by atoms with Crippen molar-refractivity contribution in [2.45, 2.75) is 11.7 Å². The summed E-state index contributed by atoms with van der Waals surface area (Å²) in [5.74, 6) is 1.49. The second-order valence-corrected chi connectivity index (χ2v) is 7.37. The molecule has 0 bridgehead atoms. The van der Waals surface area contributed by atoms with Crippen LogP contribution in [0.4, 0.5) is 5.69 Å². The van der Waals surface area contributed by atoms with Gasteiger partial charge in [0.1, 0.15) is 13.2 Å². The molecule has 2 aromatic carbocycles. The molecule has 4 rings (SSSR count). The maximum atomic E-state index is 12.6. The Balaban J connectivity index is 1.54. The van der Waals surface area contributed by atoms with Gasteiger partial charge in [-0.25, -0.2) is 0 Å². The Hall–Kier alpha value is -2.11. The largest absolute Gasteiger partial charge is 0.486 e. The van der Waals surface area contributed by atoms with Crippen LogP contribution in [0.1, 0.15) is 11.1 Å². The van der Waals surface area contributed by atoms with Crippen molar-refractivity contribution >= 4 is 41.0 Å². The van der Waals surface area contributed by atoms with E-state index in [1.54, 1.807) is 24.3 Å². The zero-order chi connectivity index (χ0) is 17.2. The predicted octanol–water partition coefficient (Wildman–Crippen LogP) is 4.38. The molecule has 0 saturated heterocycles. The van der Waals surface area contributed by atoms with E-state index < -0.39 is 0 Å². The maximum Gasteiger partial charge on any atom is 0.238 e. The van der Waals surface area contributed by atoms with Crippen molar-refractivity contribution in [3.63, 3.8) is 0 Å². The fourth-order valence-corrected chi connectivity index (χ4v) is 3.84. The third kappa shape index (κ3) is 3.62. The molecule has 2 aliphatic rings. The first-order valence-corrected chi connectivity index (χ1v) is 9.32. The average Bonchev–Trinajstić information content (AvgIpc) is 2.83. The lowest BCUT2D eigenvalue weighted by Crippen LogP contribution is -2.26. The molecule has 1 unspecified atom stereocenters. The van der Waals surface area contributed by atoms with Crippen molar-refractivity contribution in [3.8, 4) is 11.5 Å². The van der Waals surface area contributed by atoms with Crippen LogP contribution in [-0.4, -0.2) is 24.4 Å². The fraction of sp³-hybridized carbons (Fsp3) is 0.211. The van der Waals surface area contributed by atoms with Gasteiger partial charge in [0.2, 0.25) is 5.91 Å². The molecule has 2 aromatic rings. The Kier molecular flexibility index (Phi) is 4.59. The van der Waals surface area contributed by atoms with E-state index in [0.29, 0.717) is 24.7 Å². The number of benzene rings is 2. The van der Waals surface area contributed by atoms with Gasteiger partial charge in [0.05, 0.1) is 5.25 Å². The Morgan fingerprint density at radius 3 is 2.60 bits per heavy atom. The quantitative estimate of drug-likeness (QED) is 0.848. The Bertz CT molecular complexity index is 835. The van der Waals surface area contributed by atoms with Crippen LogP contribution < -0.4 is 14.8 Å². The van der Waals surface area contributed by atoms with Crippen LogP contribution in [0.3, 0.4) is 0 Å². The smallest absolute Gasteiger partial charge is 0.238 e. The number of halogens is 1. The zero-order valence-electron chi connectivity index (χ0n) is 13.3. The van der Waals surface area contributed by atoms with Gasteiger partial charge in [-0.3, -0.25) is 4.79 Å². The summed E-state index contributed by atoms with van der Waals surface area (Å²) in [7, 11) is 0. The molecular weight excluding hydrogens is 358 g/mol. The van der Waals surface area contributed by atoms with Crippen LogP contribution in [0.5, 0.6) is 11.5 Å². The Labute approximate surface area is 155 Å². The second-order valence-electron chi connectivity index (χ2n) is 5.82. The molecule has 2 heterocycles. The van der Waals surface area contributed by atoms with Crippen LogP contribution in [0, 0.1) is 0 Å². The lowest BCUT2D eigenvalue weighted by molar-refractivity contribution is -0.115. The minimum atomic E-state index is -0.212. The molecule has 0 radical (unpaired) electrons. The number of anilines is 1. The molecule has 1 amide bonds. The van der Waals surface area contributed by atoms with Crippen molar-refractivity contribution in [2.24, 2.45) is 0 Å². The van der Waals surface area contributed by atoms with Crippen LogP contribution in [0.2, 0.25) is 5.02 Å². The highest BCUT2D eigenvalue weighted by Gasteiger charge is 2.24. The first-order chi connectivity index (χ1) is 12.2. The zero-order valence-corrected chi connectivity index (χ0v) is 14.9. The Morgan fingerprint density at radius 2 is 1.84 bits per heavy atom. The number of fused-ring (bicyclic) bond motifs is 2. The molecule has 6 heteroatoms. The molecular formula is C19H16ClNO3S. The summed E-state index contributed by atoms with van der Waals surface area (Å²) in [6.45, 7) is 1.12. The number of nitrogens with one attached hydrogen (secondary N) is 1. The highest BCUT2D eigenvalue weighted by atomic mass is 35.5. The molecule has 128 valence electrons. The topological polar surface area (TPSA) is 47.6 Å². The van der Waals surface area contributed by atoms with Gasteiger partial charge in [0, 0.05) is 10.7 Å². The van der Waals surface area contributed by atoms with E-state index in [2.05, 4.69) is 5.32 Å². The van der Waals surface area contributed by atoms with Gasteiger partial charge in [-0.15, -0.1) is 11.8 Å². The van der Waals surface area contributed by atoms with Crippen LogP contribution in [0.15, 0.2) is 41.8 Å². The standard InChI is InChI=1S/C19H16ClNO3S/c20-14-1-3-15(4-2-14)21-19(22)18-11-13-10-17-16(23-6-7-24-17)9-12(13)5-8-25-18/h1-5,8-10,18H,6-7,11H2,(H,21,22). The number of rotatable bonds is 2. The monoisotopic (exact) mass is 373 g/mol. The Morgan fingerprint density at radius 1 is 1.12 bits per heavy atom. The van der Waals surface area contributed by atoms with E-state index in [4.69, 9.17) is 21.1 Å². The van der Waals surface area contributed by atoms with Crippen LogP contribution in [-0.2, 0) is 11.2 Å². The highest BCUT2D eigenvalue weighted by Crippen LogP contribution is 2.37. The van der Waals surface area contributed by atoms with Gasteiger partial charge in [0.15, 0.2) is 11.5 Å². The van der Waals surface area contributed by atoms with Crippen molar-refractivity contribution in [3.05, 3.63) is 58.0 Å². The normalized spacial score (nSPS) is 18.2. The van der Waals surface area contributed by atoms with Gasteiger partial charge >= 0.3 is 0 Å². The average molecular weight is 374 g/mol. The number of carbonyl (C=O) groups is 1. The van der Waals surface area contributed by atoms with E-state index >= 15 is 0 Å². The molecule has 0 aliphatic carbocycles. The van der Waals surface area contributed by atoms with Crippen LogP contribution in [0.25, 0.3) is 6.08 Å². The van der Waals surface area contributed by atoms with E-state index in [1.165, 1.54) is 11.8 Å². The highest BCUT2D eigenvalue weighted by molar-refractivity contribution is 8.03. The maximum absolute atomic E-state index is 12.6. The molecule has 2 aliphatic heterocycles. The van der Waals surface area contributed by atoms with Crippen molar-refractivity contribution < 1.29 is 14.3 Å². The summed E-state index contributed by atoms with van der Waals surface area (Å²) >= 11 is 7.40. The molecule has 0 aromatic heterocycles. The molecule has 0 fully saturated rings. The number of carbonyl (C=O) groups excluding carboxylic acids is 1. The lowest BCUT2D eigenvalue weighted by atomic mass is 10.0. The molecule has 0 saturated carbocycles. The van der Waals surface area contributed by atoms with Crippen molar-refractivity contribution in [2.75, 3.05) is 18.5 Å². The molecule has 4 nitrogen and oxygen atoms in total. The van der Waals surface area contributed by atoms with E-state index in [0.717, 1.165) is 28.3 Å². The second kappa shape index (κ2) is 7.02. The predicted molar refractivity (Wildman–Crippen MR) is 102 cm³/mol. The van der Waals surface area contributed by atoms with E-state index in [9.17, 15) is 4.79 Å². The first kappa shape index (κ1) is 16.4. The molecule has 25 heavy (non-hydrogen) atoms. The van der Waals surface area contributed by atoms with Crippen molar-refractivity contribution in [1.82, 2.24) is 0 Å². The number of hydrogen-bond donors (Lipinski definition) is 1. The van der Waals surface area contributed by atoms with Gasteiger partial charge < -0.3 is 14.8 Å². The summed E-state index contributed by atoms with van der Waals surface area (Å²) < 4.78 is 11.3. The number of ether oxygens (including phenoxy) is 2. The summed E-state index contributed by atoms with van der Waals surface area (Å²) in [6, 6.07) is 11.1. The SMILES string of the molecule is O=C(Nc1ccc(Cl)cc1)C1Cc2cc3c(cc2C=CS1)OCCO3. The first-order valence-electron chi connectivity index (χ1n) is 8.00. The number of amides is 1. The van der Waals surface area contributed by atoms with Gasteiger partial charge in [0.25, 0.3) is 0 Å². The minimum Gasteiger partial charge on any atom is -0.486 e. The van der Waals surface area contributed by atoms with Crippen LogP contribution >= 0.6 is 23.4 Å². The molecule has 0 spiro atoms. The number of hydrogen-bond acceptors (Lipinski definition) is 4.